The standard InChI is InChI=1S/C30H38N6O7/c1-3-16(2)26(36-27(39)21(31)12-17-8-10-19(37)11-9-17)29(41)34-23(28(40)35-24(30(42)43)14-25(32)38)13-18-15-33-22-7-5-4-6-20(18)22/h4-11,15-16,21,23-24,26,33,37H,3,12-14,31H2,1-2H3,(H2,32,38)(H,34,41)(H,35,40)(H,36,39)(H,42,43). The molecular weight excluding hydrogens is 556 g/mol. The van der Waals surface area contributed by atoms with Crippen molar-refractivity contribution in [2.45, 2.75) is 63.7 Å². The second kappa shape index (κ2) is 14.8. The summed E-state index contributed by atoms with van der Waals surface area (Å²) in [4.78, 5) is 66.2. The van der Waals surface area contributed by atoms with Crippen molar-refractivity contribution in [1.82, 2.24) is 20.9 Å². The Bertz CT molecular complexity index is 1450. The molecule has 0 radical (unpaired) electrons. The Morgan fingerprint density at radius 2 is 1.53 bits per heavy atom. The van der Waals surface area contributed by atoms with Crippen LogP contribution in [0.15, 0.2) is 54.7 Å². The Morgan fingerprint density at radius 1 is 0.884 bits per heavy atom. The Balaban J connectivity index is 1.83. The molecule has 3 aromatic rings. The number of para-hydroxylation sites is 1. The molecule has 1 heterocycles. The van der Waals surface area contributed by atoms with Crippen LogP contribution in [0.2, 0.25) is 0 Å². The zero-order valence-corrected chi connectivity index (χ0v) is 24.0. The van der Waals surface area contributed by atoms with Gasteiger partial charge in [0.15, 0.2) is 0 Å². The van der Waals surface area contributed by atoms with Gasteiger partial charge in [0.2, 0.25) is 23.6 Å². The molecule has 5 atom stereocenters. The van der Waals surface area contributed by atoms with Crippen LogP contribution in [0.4, 0.5) is 0 Å². The van der Waals surface area contributed by atoms with Crippen molar-refractivity contribution in [3.8, 4) is 5.75 Å². The summed E-state index contributed by atoms with van der Waals surface area (Å²) in [6.07, 6.45) is 1.68. The molecule has 0 spiro atoms. The van der Waals surface area contributed by atoms with E-state index in [9.17, 15) is 34.2 Å². The zero-order valence-electron chi connectivity index (χ0n) is 24.0. The van der Waals surface area contributed by atoms with Gasteiger partial charge in [0.05, 0.1) is 12.5 Å². The number of H-pyrrole nitrogens is 1. The van der Waals surface area contributed by atoms with E-state index in [4.69, 9.17) is 11.5 Å². The average molecular weight is 595 g/mol. The predicted molar refractivity (Wildman–Crippen MR) is 158 cm³/mol. The molecule has 10 N–H and O–H groups in total. The average Bonchev–Trinajstić information content (AvgIpc) is 3.38. The van der Waals surface area contributed by atoms with Crippen LogP contribution in [-0.2, 0) is 36.8 Å². The number of nitrogens with two attached hydrogens (primary N) is 2. The molecule has 13 nitrogen and oxygen atoms in total. The second-order valence-corrected chi connectivity index (χ2v) is 10.5. The number of carbonyl (C=O) groups excluding carboxylic acids is 4. The largest absolute Gasteiger partial charge is 0.508 e. The van der Waals surface area contributed by atoms with Gasteiger partial charge in [-0.15, -0.1) is 0 Å². The summed E-state index contributed by atoms with van der Waals surface area (Å²) in [7, 11) is 0. The lowest BCUT2D eigenvalue weighted by atomic mass is 9.96. The van der Waals surface area contributed by atoms with Crippen molar-refractivity contribution < 1.29 is 34.2 Å². The number of hydrogen-bond acceptors (Lipinski definition) is 7. The Hall–Kier alpha value is -4.91. The summed E-state index contributed by atoms with van der Waals surface area (Å²) in [5, 5.41) is 27.5. The number of amides is 4. The van der Waals surface area contributed by atoms with Crippen molar-refractivity contribution in [2.24, 2.45) is 17.4 Å². The fraction of sp³-hybridized carbons (Fsp3) is 0.367. The zero-order chi connectivity index (χ0) is 31.7. The van der Waals surface area contributed by atoms with Crippen LogP contribution in [0.3, 0.4) is 0 Å². The van der Waals surface area contributed by atoms with E-state index in [0.717, 1.165) is 10.9 Å². The Morgan fingerprint density at radius 3 is 2.16 bits per heavy atom. The maximum Gasteiger partial charge on any atom is 0.326 e. The van der Waals surface area contributed by atoms with Gasteiger partial charge >= 0.3 is 5.97 Å². The van der Waals surface area contributed by atoms with Crippen molar-refractivity contribution in [3.05, 3.63) is 65.9 Å². The summed E-state index contributed by atoms with van der Waals surface area (Å²) in [6.45, 7) is 3.60. The molecule has 0 saturated heterocycles. The van der Waals surface area contributed by atoms with Crippen molar-refractivity contribution in [3.63, 3.8) is 0 Å². The lowest BCUT2D eigenvalue weighted by Gasteiger charge is -2.28. The van der Waals surface area contributed by atoms with E-state index >= 15 is 0 Å². The van der Waals surface area contributed by atoms with Crippen LogP contribution in [0.25, 0.3) is 10.9 Å². The smallest absolute Gasteiger partial charge is 0.326 e. The normalized spacial score (nSPS) is 14.6. The number of rotatable bonds is 15. The number of aliphatic carboxylic acids is 1. The van der Waals surface area contributed by atoms with Crippen LogP contribution in [0.5, 0.6) is 5.75 Å². The summed E-state index contributed by atoms with van der Waals surface area (Å²) in [5.74, 6) is -4.76. The molecule has 0 bridgehead atoms. The van der Waals surface area contributed by atoms with Crippen LogP contribution < -0.4 is 27.4 Å². The van der Waals surface area contributed by atoms with Crippen molar-refractivity contribution in [1.29, 1.82) is 0 Å². The number of hydrogen-bond donors (Lipinski definition) is 8. The number of carbonyl (C=O) groups is 5. The highest BCUT2D eigenvalue weighted by molar-refractivity contribution is 5.95. The van der Waals surface area contributed by atoms with E-state index in [2.05, 4.69) is 20.9 Å². The van der Waals surface area contributed by atoms with Gasteiger partial charge < -0.3 is 42.6 Å². The first kappa shape index (κ1) is 32.6. The number of aromatic amines is 1. The molecular formula is C30H38N6O7. The van der Waals surface area contributed by atoms with Gasteiger partial charge in [0, 0.05) is 23.5 Å². The number of phenols is 1. The van der Waals surface area contributed by atoms with Gasteiger partial charge in [0.1, 0.15) is 23.9 Å². The minimum atomic E-state index is -1.60. The highest BCUT2D eigenvalue weighted by Crippen LogP contribution is 2.20. The molecule has 0 aliphatic carbocycles. The molecule has 5 unspecified atom stereocenters. The Labute approximate surface area is 248 Å². The number of carboxylic acid groups (broad SMARTS) is 1. The third-order valence-corrected chi connectivity index (χ3v) is 7.27. The van der Waals surface area contributed by atoms with E-state index in [0.29, 0.717) is 17.5 Å². The predicted octanol–water partition coefficient (Wildman–Crippen LogP) is 0.447. The molecule has 13 heteroatoms. The molecule has 0 aliphatic rings. The molecule has 2 aromatic carbocycles. The molecule has 3 rings (SSSR count). The number of aromatic nitrogens is 1. The molecule has 0 aliphatic heterocycles. The van der Waals surface area contributed by atoms with Crippen LogP contribution in [0.1, 0.15) is 37.8 Å². The SMILES string of the molecule is CCC(C)C(NC(=O)C(N)Cc1ccc(O)cc1)C(=O)NC(Cc1c[nH]c2ccccc12)C(=O)NC(CC(N)=O)C(=O)O. The quantitative estimate of drug-likeness (QED) is 0.123. The summed E-state index contributed by atoms with van der Waals surface area (Å²) in [6, 6.07) is 8.62. The molecule has 43 heavy (non-hydrogen) atoms. The van der Waals surface area contributed by atoms with Gasteiger partial charge in [-0.3, -0.25) is 19.2 Å². The lowest BCUT2D eigenvalue weighted by molar-refractivity contribution is -0.143. The van der Waals surface area contributed by atoms with E-state index in [1.807, 2.05) is 31.2 Å². The minimum Gasteiger partial charge on any atom is -0.508 e. The van der Waals surface area contributed by atoms with Crippen LogP contribution in [-0.4, -0.2) is 69.0 Å². The molecule has 230 valence electrons. The number of aromatic hydroxyl groups is 1. The second-order valence-electron chi connectivity index (χ2n) is 10.5. The first-order chi connectivity index (χ1) is 20.4. The fourth-order valence-corrected chi connectivity index (χ4v) is 4.61. The van der Waals surface area contributed by atoms with E-state index < -0.39 is 60.2 Å². The first-order valence-electron chi connectivity index (χ1n) is 13.9. The number of phenolic OH excluding ortho intramolecular Hbond substituents is 1. The molecule has 4 amide bonds. The van der Waals surface area contributed by atoms with Crippen LogP contribution >= 0.6 is 0 Å². The van der Waals surface area contributed by atoms with E-state index in [-0.39, 0.29) is 24.5 Å². The van der Waals surface area contributed by atoms with Gasteiger partial charge in [-0.1, -0.05) is 50.6 Å². The number of fused-ring (bicyclic) bond motifs is 1. The number of nitrogens with one attached hydrogen (secondary N) is 4. The van der Waals surface area contributed by atoms with Crippen molar-refractivity contribution in [2.75, 3.05) is 0 Å². The fourth-order valence-electron chi connectivity index (χ4n) is 4.61. The van der Waals surface area contributed by atoms with Gasteiger partial charge in [-0.25, -0.2) is 4.79 Å². The highest BCUT2D eigenvalue weighted by Gasteiger charge is 2.33. The van der Waals surface area contributed by atoms with E-state index in [1.165, 1.54) is 12.1 Å². The van der Waals surface area contributed by atoms with Gasteiger partial charge in [0.25, 0.3) is 0 Å². The summed E-state index contributed by atoms with van der Waals surface area (Å²) in [5.41, 5.74) is 13.5. The first-order valence-corrected chi connectivity index (χ1v) is 13.9. The molecule has 0 saturated carbocycles. The lowest BCUT2D eigenvalue weighted by Crippen LogP contribution is -2.59. The number of benzene rings is 2. The third-order valence-electron chi connectivity index (χ3n) is 7.27. The Kier molecular flexibility index (Phi) is 11.2. The van der Waals surface area contributed by atoms with Gasteiger partial charge in [-0.05, 0) is 41.7 Å². The molecule has 0 fully saturated rings. The topological polar surface area (TPSA) is 230 Å². The third kappa shape index (κ3) is 9.04. The maximum absolute atomic E-state index is 13.6. The highest BCUT2D eigenvalue weighted by atomic mass is 16.4. The monoisotopic (exact) mass is 594 g/mol. The molecule has 1 aromatic heterocycles. The van der Waals surface area contributed by atoms with Crippen LogP contribution in [0, 0.1) is 5.92 Å². The number of carboxylic acids is 1. The summed E-state index contributed by atoms with van der Waals surface area (Å²) < 4.78 is 0. The maximum atomic E-state index is 13.6. The number of primary amides is 1. The van der Waals surface area contributed by atoms with Gasteiger partial charge in [-0.2, -0.15) is 0 Å². The summed E-state index contributed by atoms with van der Waals surface area (Å²) >= 11 is 0. The van der Waals surface area contributed by atoms with Crippen molar-refractivity contribution >= 4 is 40.5 Å². The minimum absolute atomic E-state index is 0.0218. The van der Waals surface area contributed by atoms with E-state index in [1.54, 1.807) is 25.3 Å².